The Morgan fingerprint density at radius 2 is 1.84 bits per heavy atom. The zero-order valence-electron chi connectivity index (χ0n) is 17.0. The number of H-pyrrole nitrogens is 2. The summed E-state index contributed by atoms with van der Waals surface area (Å²) >= 11 is 0. The summed E-state index contributed by atoms with van der Waals surface area (Å²) in [5.41, 5.74) is 2.20. The van der Waals surface area contributed by atoms with Crippen LogP contribution in [0.3, 0.4) is 0 Å². The molecule has 8 heteroatoms. The van der Waals surface area contributed by atoms with Gasteiger partial charge in [0, 0.05) is 36.4 Å². The molecule has 0 aliphatic rings. The fourth-order valence-corrected chi connectivity index (χ4v) is 3.61. The average Bonchev–Trinajstić information content (AvgIpc) is 3.19. The number of fused-ring (bicyclic) bond motifs is 2. The van der Waals surface area contributed by atoms with Crippen molar-refractivity contribution in [3.05, 3.63) is 76.5 Å². The Balaban J connectivity index is 1.44. The van der Waals surface area contributed by atoms with Crippen LogP contribution in [-0.4, -0.2) is 40.0 Å². The molecule has 1 atom stereocenters. The van der Waals surface area contributed by atoms with E-state index in [0.717, 1.165) is 16.5 Å². The lowest BCUT2D eigenvalue weighted by Crippen LogP contribution is -2.43. The van der Waals surface area contributed by atoms with Crippen molar-refractivity contribution < 1.29 is 14.3 Å². The first-order chi connectivity index (χ1) is 15.0. The third kappa shape index (κ3) is 4.48. The molecule has 0 aliphatic carbocycles. The molecule has 0 aliphatic heterocycles. The van der Waals surface area contributed by atoms with Gasteiger partial charge >= 0.3 is 5.97 Å². The van der Waals surface area contributed by atoms with E-state index in [1.165, 1.54) is 7.11 Å². The molecule has 1 amide bonds. The Hall–Kier alpha value is -3.94. The minimum Gasteiger partial charge on any atom is -0.467 e. The number of benzene rings is 2. The van der Waals surface area contributed by atoms with Gasteiger partial charge in [0.2, 0.25) is 5.91 Å². The summed E-state index contributed by atoms with van der Waals surface area (Å²) in [7, 11) is 1.29. The summed E-state index contributed by atoms with van der Waals surface area (Å²) < 4.78 is 4.88. The second kappa shape index (κ2) is 8.83. The maximum atomic E-state index is 12.5. The molecule has 4 rings (SSSR count). The normalized spacial score (nSPS) is 12.0. The molecule has 0 spiro atoms. The molecule has 4 aromatic rings. The number of hydrogen-bond donors (Lipinski definition) is 3. The SMILES string of the molecule is COC(=O)[C@H](Cc1c[nH]c2ccccc12)NC(=O)CCc1nc2ccccc2c(=O)[nH]1. The van der Waals surface area contributed by atoms with Crippen LogP contribution in [-0.2, 0) is 27.2 Å². The van der Waals surface area contributed by atoms with E-state index in [1.54, 1.807) is 24.3 Å². The van der Waals surface area contributed by atoms with Crippen molar-refractivity contribution in [1.82, 2.24) is 20.3 Å². The number of methoxy groups -OCH3 is 1. The smallest absolute Gasteiger partial charge is 0.328 e. The van der Waals surface area contributed by atoms with E-state index >= 15 is 0 Å². The molecule has 2 aromatic heterocycles. The van der Waals surface area contributed by atoms with E-state index in [0.29, 0.717) is 23.1 Å². The molecule has 0 fully saturated rings. The fraction of sp³-hybridized carbons (Fsp3) is 0.217. The quantitative estimate of drug-likeness (QED) is 0.398. The van der Waals surface area contributed by atoms with Crippen molar-refractivity contribution in [2.24, 2.45) is 0 Å². The minimum atomic E-state index is -0.819. The summed E-state index contributed by atoms with van der Waals surface area (Å²) in [5.74, 6) is -0.424. The van der Waals surface area contributed by atoms with E-state index in [1.807, 2.05) is 30.5 Å². The number of nitrogens with zero attached hydrogens (tertiary/aromatic N) is 1. The molecule has 0 bridgehead atoms. The number of carbonyl (C=O) groups excluding carboxylic acids is 2. The highest BCUT2D eigenvalue weighted by Gasteiger charge is 2.23. The zero-order valence-corrected chi connectivity index (χ0v) is 17.0. The Kier molecular flexibility index (Phi) is 5.79. The molecule has 158 valence electrons. The van der Waals surface area contributed by atoms with Gasteiger partial charge < -0.3 is 20.0 Å². The van der Waals surface area contributed by atoms with Gasteiger partial charge in [-0.05, 0) is 23.8 Å². The van der Waals surface area contributed by atoms with Crippen molar-refractivity contribution in [1.29, 1.82) is 0 Å². The van der Waals surface area contributed by atoms with Crippen molar-refractivity contribution in [2.75, 3.05) is 7.11 Å². The lowest BCUT2D eigenvalue weighted by molar-refractivity contribution is -0.145. The number of amides is 1. The van der Waals surface area contributed by atoms with Crippen molar-refractivity contribution in [3.63, 3.8) is 0 Å². The average molecular weight is 418 g/mol. The van der Waals surface area contributed by atoms with Gasteiger partial charge in [-0.25, -0.2) is 9.78 Å². The van der Waals surface area contributed by atoms with Crippen molar-refractivity contribution >= 4 is 33.7 Å². The van der Waals surface area contributed by atoms with Crippen LogP contribution in [0.15, 0.2) is 59.5 Å². The van der Waals surface area contributed by atoms with Gasteiger partial charge in [-0.3, -0.25) is 9.59 Å². The standard InChI is InChI=1S/C23H22N4O4/c1-31-23(30)19(12-14-13-24-17-8-4-2-6-15(14)17)26-21(28)11-10-20-25-18-9-5-3-7-16(18)22(29)27-20/h2-9,13,19,24H,10-12H2,1H3,(H,26,28)(H,25,27,29)/t19-/m0/s1. The lowest BCUT2D eigenvalue weighted by atomic mass is 10.0. The second-order valence-corrected chi connectivity index (χ2v) is 7.24. The second-order valence-electron chi connectivity index (χ2n) is 7.24. The predicted octanol–water partition coefficient (Wildman–Crippen LogP) is 2.24. The highest BCUT2D eigenvalue weighted by atomic mass is 16.5. The third-order valence-electron chi connectivity index (χ3n) is 5.17. The fourth-order valence-electron chi connectivity index (χ4n) is 3.61. The Morgan fingerprint density at radius 1 is 1.10 bits per heavy atom. The van der Waals surface area contributed by atoms with E-state index in [9.17, 15) is 14.4 Å². The number of nitrogens with one attached hydrogen (secondary N) is 3. The molecule has 2 aromatic carbocycles. The molecular weight excluding hydrogens is 396 g/mol. The molecule has 8 nitrogen and oxygen atoms in total. The highest BCUT2D eigenvalue weighted by molar-refractivity contribution is 5.87. The zero-order chi connectivity index (χ0) is 21.8. The first kappa shape index (κ1) is 20.3. The summed E-state index contributed by atoms with van der Waals surface area (Å²) in [6, 6.07) is 14.0. The molecule has 0 radical (unpaired) electrons. The number of esters is 1. The highest BCUT2D eigenvalue weighted by Crippen LogP contribution is 2.19. The van der Waals surface area contributed by atoms with Gasteiger partial charge in [0.05, 0.1) is 18.0 Å². The van der Waals surface area contributed by atoms with Gasteiger partial charge in [0.25, 0.3) is 5.56 Å². The van der Waals surface area contributed by atoms with Crippen LogP contribution < -0.4 is 10.9 Å². The third-order valence-corrected chi connectivity index (χ3v) is 5.17. The number of rotatable bonds is 7. The van der Waals surface area contributed by atoms with E-state index in [4.69, 9.17) is 4.74 Å². The maximum absolute atomic E-state index is 12.5. The molecular formula is C23H22N4O4. The lowest BCUT2D eigenvalue weighted by Gasteiger charge is -2.16. The molecule has 31 heavy (non-hydrogen) atoms. The van der Waals surface area contributed by atoms with E-state index < -0.39 is 12.0 Å². The molecule has 0 unspecified atom stereocenters. The minimum absolute atomic E-state index is 0.0721. The van der Waals surface area contributed by atoms with E-state index in [2.05, 4.69) is 20.3 Å². The summed E-state index contributed by atoms with van der Waals surface area (Å²) in [5, 5.41) is 4.24. The van der Waals surface area contributed by atoms with E-state index in [-0.39, 0.29) is 24.3 Å². The van der Waals surface area contributed by atoms with Crippen molar-refractivity contribution in [3.8, 4) is 0 Å². The topological polar surface area (TPSA) is 117 Å². The van der Waals surface area contributed by atoms with Crippen LogP contribution in [0.5, 0.6) is 0 Å². The molecule has 2 heterocycles. The van der Waals surface area contributed by atoms with Gasteiger partial charge in [-0.15, -0.1) is 0 Å². The van der Waals surface area contributed by atoms with Gasteiger partial charge in [0.1, 0.15) is 11.9 Å². The Morgan fingerprint density at radius 3 is 2.65 bits per heavy atom. The number of carbonyl (C=O) groups is 2. The number of ether oxygens (including phenoxy) is 1. The van der Waals surface area contributed by atoms with Crippen molar-refractivity contribution in [2.45, 2.75) is 25.3 Å². The van der Waals surface area contributed by atoms with Crippen LogP contribution in [0.4, 0.5) is 0 Å². The largest absolute Gasteiger partial charge is 0.467 e. The number of aromatic amines is 2. The van der Waals surface area contributed by atoms with Crippen LogP contribution >= 0.6 is 0 Å². The van der Waals surface area contributed by atoms with Crippen LogP contribution in [0.2, 0.25) is 0 Å². The monoisotopic (exact) mass is 418 g/mol. The summed E-state index contributed by atoms with van der Waals surface area (Å²) in [4.78, 5) is 47.3. The Bertz CT molecular complexity index is 1310. The summed E-state index contributed by atoms with van der Waals surface area (Å²) in [6.45, 7) is 0. The molecule has 3 N–H and O–H groups in total. The number of para-hydroxylation sites is 2. The first-order valence-corrected chi connectivity index (χ1v) is 9.95. The molecule has 0 saturated heterocycles. The summed E-state index contributed by atoms with van der Waals surface area (Å²) in [6.07, 6.45) is 2.44. The Labute approximate surface area is 177 Å². The van der Waals surface area contributed by atoms with Gasteiger partial charge in [-0.1, -0.05) is 30.3 Å². The predicted molar refractivity (Wildman–Crippen MR) is 117 cm³/mol. The van der Waals surface area contributed by atoms with Gasteiger partial charge in [0.15, 0.2) is 0 Å². The number of hydrogen-bond acceptors (Lipinski definition) is 5. The van der Waals surface area contributed by atoms with Crippen LogP contribution in [0.25, 0.3) is 21.8 Å². The number of aromatic nitrogens is 3. The first-order valence-electron chi connectivity index (χ1n) is 9.95. The maximum Gasteiger partial charge on any atom is 0.328 e. The number of aryl methyl sites for hydroxylation is 1. The van der Waals surface area contributed by atoms with Crippen LogP contribution in [0, 0.1) is 0 Å². The van der Waals surface area contributed by atoms with Crippen LogP contribution in [0.1, 0.15) is 17.8 Å². The molecule has 0 saturated carbocycles. The van der Waals surface area contributed by atoms with Gasteiger partial charge in [-0.2, -0.15) is 0 Å².